The van der Waals surface area contributed by atoms with Gasteiger partial charge in [-0.25, -0.2) is 4.39 Å². The highest BCUT2D eigenvalue weighted by Gasteiger charge is 2.31. The third-order valence-corrected chi connectivity index (χ3v) is 5.00. The second kappa shape index (κ2) is 7.78. The van der Waals surface area contributed by atoms with Crippen LogP contribution in [-0.4, -0.2) is 56.2 Å². The molecule has 132 valence electrons. The molecule has 1 aromatic carbocycles. The van der Waals surface area contributed by atoms with Gasteiger partial charge >= 0.3 is 0 Å². The molecule has 24 heavy (non-hydrogen) atoms. The van der Waals surface area contributed by atoms with Gasteiger partial charge in [0.25, 0.3) is 0 Å². The molecule has 0 saturated carbocycles. The van der Waals surface area contributed by atoms with Crippen LogP contribution in [0, 0.1) is 11.7 Å². The van der Waals surface area contributed by atoms with Crippen molar-refractivity contribution in [2.45, 2.75) is 19.1 Å². The van der Waals surface area contributed by atoms with E-state index >= 15 is 0 Å². The summed E-state index contributed by atoms with van der Waals surface area (Å²) in [5, 5.41) is 6.43. The average molecular weight is 356 g/mol. The molecule has 2 unspecified atom stereocenters. The molecule has 0 spiro atoms. The minimum Gasteiger partial charge on any atom is -0.376 e. The quantitative estimate of drug-likeness (QED) is 0.842. The van der Waals surface area contributed by atoms with Crippen LogP contribution in [-0.2, 0) is 9.53 Å². The first-order chi connectivity index (χ1) is 11.6. The van der Waals surface area contributed by atoms with Crippen molar-refractivity contribution >= 4 is 17.5 Å². The highest BCUT2D eigenvalue weighted by atomic mass is 35.5. The summed E-state index contributed by atoms with van der Waals surface area (Å²) < 4.78 is 20.0. The number of nitrogens with one attached hydrogen (secondary N) is 2. The van der Waals surface area contributed by atoms with Crippen molar-refractivity contribution in [3.63, 3.8) is 0 Å². The van der Waals surface area contributed by atoms with E-state index in [2.05, 4.69) is 15.5 Å². The molecule has 7 heteroatoms. The summed E-state index contributed by atoms with van der Waals surface area (Å²) in [6.45, 7) is 5.67. The first-order valence-corrected chi connectivity index (χ1v) is 8.72. The number of ether oxygens (including phenoxy) is 1. The van der Waals surface area contributed by atoms with E-state index in [4.69, 9.17) is 16.3 Å². The maximum Gasteiger partial charge on any atom is 0.225 e. The zero-order chi connectivity index (χ0) is 17.1. The average Bonchev–Trinajstić information content (AvgIpc) is 2.48. The van der Waals surface area contributed by atoms with Crippen molar-refractivity contribution < 1.29 is 13.9 Å². The summed E-state index contributed by atoms with van der Waals surface area (Å²) in [5.74, 6) is -0.330. The fourth-order valence-electron chi connectivity index (χ4n) is 3.19. The van der Waals surface area contributed by atoms with Gasteiger partial charge in [-0.05, 0) is 19.1 Å². The smallest absolute Gasteiger partial charge is 0.225 e. The van der Waals surface area contributed by atoms with Crippen LogP contribution in [0.2, 0.25) is 5.02 Å². The fourth-order valence-corrected chi connectivity index (χ4v) is 3.48. The van der Waals surface area contributed by atoms with E-state index in [1.54, 1.807) is 12.1 Å². The largest absolute Gasteiger partial charge is 0.376 e. The lowest BCUT2D eigenvalue weighted by Crippen LogP contribution is -2.53. The molecule has 2 fully saturated rings. The van der Waals surface area contributed by atoms with Gasteiger partial charge in [0.2, 0.25) is 5.91 Å². The molecule has 2 N–H and O–H groups in total. The van der Waals surface area contributed by atoms with E-state index in [1.165, 1.54) is 6.07 Å². The SMILES string of the molecule is CC1CN(C(CNC(=O)C2CNC2)c2c(F)cccc2Cl)CCO1. The van der Waals surface area contributed by atoms with Crippen LogP contribution < -0.4 is 10.6 Å². The lowest BCUT2D eigenvalue weighted by Gasteiger charge is -2.38. The molecule has 3 rings (SSSR count). The van der Waals surface area contributed by atoms with E-state index in [0.29, 0.717) is 49.9 Å². The number of nitrogens with zero attached hydrogens (tertiary/aromatic N) is 1. The van der Waals surface area contributed by atoms with Gasteiger partial charge in [0.15, 0.2) is 0 Å². The van der Waals surface area contributed by atoms with Crippen LogP contribution in [0.25, 0.3) is 0 Å². The van der Waals surface area contributed by atoms with Gasteiger partial charge in [-0.2, -0.15) is 0 Å². The number of carbonyl (C=O) groups is 1. The molecule has 0 aromatic heterocycles. The first-order valence-electron chi connectivity index (χ1n) is 8.34. The monoisotopic (exact) mass is 355 g/mol. The number of morpholine rings is 1. The Hall–Kier alpha value is -1.21. The second-order valence-electron chi connectivity index (χ2n) is 6.43. The normalized spacial score (nSPS) is 23.5. The third-order valence-electron chi connectivity index (χ3n) is 4.67. The topological polar surface area (TPSA) is 53.6 Å². The number of hydrogen-bond acceptors (Lipinski definition) is 4. The summed E-state index contributed by atoms with van der Waals surface area (Å²) in [5.41, 5.74) is 0.445. The number of carbonyl (C=O) groups excluding carboxylic acids is 1. The van der Waals surface area contributed by atoms with Crippen molar-refractivity contribution in [3.8, 4) is 0 Å². The minimum absolute atomic E-state index is 0.00496. The highest BCUT2D eigenvalue weighted by Crippen LogP contribution is 2.31. The standard InChI is InChI=1S/C17H23ClFN3O2/c1-11-10-22(5-6-24-11)15(9-21-17(23)12-7-20-8-12)16-13(18)3-2-4-14(16)19/h2-4,11-12,15,20H,5-10H2,1H3,(H,21,23). The van der Waals surface area contributed by atoms with Crippen LogP contribution >= 0.6 is 11.6 Å². The molecule has 0 bridgehead atoms. The molecule has 0 aliphatic carbocycles. The molecule has 1 amide bonds. The Morgan fingerprint density at radius 3 is 2.96 bits per heavy atom. The second-order valence-corrected chi connectivity index (χ2v) is 6.83. The summed E-state index contributed by atoms with van der Waals surface area (Å²) in [7, 11) is 0. The van der Waals surface area contributed by atoms with Crippen molar-refractivity contribution in [2.75, 3.05) is 39.3 Å². The van der Waals surface area contributed by atoms with Crippen LogP contribution in [0.1, 0.15) is 18.5 Å². The number of benzene rings is 1. The third kappa shape index (κ3) is 3.88. The Bertz CT molecular complexity index is 577. The highest BCUT2D eigenvalue weighted by molar-refractivity contribution is 6.31. The first kappa shape index (κ1) is 17.6. The van der Waals surface area contributed by atoms with Gasteiger partial charge in [-0.1, -0.05) is 17.7 Å². The van der Waals surface area contributed by atoms with Gasteiger partial charge in [-0.3, -0.25) is 9.69 Å². The van der Waals surface area contributed by atoms with E-state index in [-0.39, 0.29) is 29.8 Å². The maximum absolute atomic E-state index is 14.4. The minimum atomic E-state index is -0.341. The van der Waals surface area contributed by atoms with E-state index in [0.717, 1.165) is 0 Å². The number of halogens is 2. The van der Waals surface area contributed by atoms with Crippen LogP contribution in [0.5, 0.6) is 0 Å². The molecule has 2 heterocycles. The molecule has 1 aromatic rings. The van der Waals surface area contributed by atoms with E-state index in [1.807, 2.05) is 6.92 Å². The van der Waals surface area contributed by atoms with E-state index < -0.39 is 0 Å². The summed E-state index contributed by atoms with van der Waals surface area (Å²) in [6, 6.07) is 4.39. The van der Waals surface area contributed by atoms with Crippen molar-refractivity contribution in [1.29, 1.82) is 0 Å². The zero-order valence-electron chi connectivity index (χ0n) is 13.7. The molecule has 2 aliphatic heterocycles. The number of rotatable bonds is 5. The summed E-state index contributed by atoms with van der Waals surface area (Å²) >= 11 is 6.28. The van der Waals surface area contributed by atoms with Gasteiger partial charge in [0.05, 0.1) is 24.7 Å². The lowest BCUT2D eigenvalue weighted by molar-refractivity contribution is -0.126. The Morgan fingerprint density at radius 2 is 2.33 bits per heavy atom. The predicted octanol–water partition coefficient (Wildman–Crippen LogP) is 1.58. The summed E-state index contributed by atoms with van der Waals surface area (Å²) in [6.07, 6.45) is 0.0679. The molecule has 2 atom stereocenters. The summed E-state index contributed by atoms with van der Waals surface area (Å²) in [4.78, 5) is 14.3. The van der Waals surface area contributed by atoms with Gasteiger partial charge in [0, 0.05) is 43.3 Å². The number of amides is 1. The molecule has 5 nitrogen and oxygen atoms in total. The zero-order valence-corrected chi connectivity index (χ0v) is 14.5. The molecular formula is C17H23ClFN3O2. The number of hydrogen-bond donors (Lipinski definition) is 2. The predicted molar refractivity (Wildman–Crippen MR) is 90.5 cm³/mol. The van der Waals surface area contributed by atoms with Crippen LogP contribution in [0.3, 0.4) is 0 Å². The Kier molecular flexibility index (Phi) is 5.71. The Morgan fingerprint density at radius 1 is 1.54 bits per heavy atom. The van der Waals surface area contributed by atoms with Gasteiger partial charge in [0.1, 0.15) is 5.82 Å². The Labute approximate surface area is 146 Å². The van der Waals surface area contributed by atoms with Crippen molar-refractivity contribution in [2.24, 2.45) is 5.92 Å². The van der Waals surface area contributed by atoms with Crippen LogP contribution in [0.15, 0.2) is 18.2 Å². The van der Waals surface area contributed by atoms with Gasteiger partial charge in [-0.15, -0.1) is 0 Å². The molecule has 2 aliphatic rings. The molecular weight excluding hydrogens is 333 g/mol. The maximum atomic E-state index is 14.4. The Balaban J connectivity index is 1.78. The molecule has 2 saturated heterocycles. The van der Waals surface area contributed by atoms with Crippen LogP contribution in [0.4, 0.5) is 4.39 Å². The van der Waals surface area contributed by atoms with Gasteiger partial charge < -0.3 is 15.4 Å². The molecule has 0 radical (unpaired) electrons. The van der Waals surface area contributed by atoms with Crippen molar-refractivity contribution in [3.05, 3.63) is 34.6 Å². The fraction of sp³-hybridized carbons (Fsp3) is 0.588. The van der Waals surface area contributed by atoms with E-state index in [9.17, 15) is 9.18 Å². The lowest BCUT2D eigenvalue weighted by atomic mass is 10.0. The van der Waals surface area contributed by atoms with Crippen molar-refractivity contribution in [1.82, 2.24) is 15.5 Å².